The smallest absolute Gasteiger partial charge is 0.250 e. The van der Waals surface area contributed by atoms with Gasteiger partial charge in [0.1, 0.15) is 0 Å². The summed E-state index contributed by atoms with van der Waals surface area (Å²) in [7, 11) is 0. The average molecular weight is 331 g/mol. The van der Waals surface area contributed by atoms with Crippen LogP contribution >= 0.6 is 0 Å². The predicted molar refractivity (Wildman–Crippen MR) is 90.7 cm³/mol. The lowest BCUT2D eigenvalue weighted by Crippen LogP contribution is -2.42. The van der Waals surface area contributed by atoms with Crippen LogP contribution in [0.25, 0.3) is 0 Å². The highest BCUT2D eigenvalue weighted by atomic mass is 16.5. The number of morpholine rings is 1. The molecule has 3 rings (SSSR count). The fourth-order valence-electron chi connectivity index (χ4n) is 3.05. The molecular formula is C17H25N5O2. The van der Waals surface area contributed by atoms with E-state index in [4.69, 9.17) is 4.74 Å². The molecule has 1 aliphatic heterocycles. The summed E-state index contributed by atoms with van der Waals surface area (Å²) >= 11 is 0. The van der Waals surface area contributed by atoms with Gasteiger partial charge in [0, 0.05) is 49.7 Å². The number of aromatic amines is 1. The molecule has 1 aliphatic rings. The van der Waals surface area contributed by atoms with E-state index < -0.39 is 0 Å². The van der Waals surface area contributed by atoms with Gasteiger partial charge in [-0.25, -0.2) is 4.98 Å². The molecule has 1 fully saturated rings. The van der Waals surface area contributed by atoms with E-state index in [1.54, 1.807) is 6.07 Å². The summed E-state index contributed by atoms with van der Waals surface area (Å²) in [5, 5.41) is 4.39. The molecule has 0 amide bonds. The second kappa shape index (κ2) is 8.21. The van der Waals surface area contributed by atoms with Crippen molar-refractivity contribution in [2.45, 2.75) is 45.4 Å². The summed E-state index contributed by atoms with van der Waals surface area (Å²) in [4.78, 5) is 20.4. The Kier molecular flexibility index (Phi) is 5.77. The highest BCUT2D eigenvalue weighted by Gasteiger charge is 2.21. The van der Waals surface area contributed by atoms with E-state index in [9.17, 15) is 4.79 Å². The SMILES string of the molecule is CCCn1cc(CN2CCO[C@@H](CCc3cc(=O)[nH]cn3)C2)cn1. The number of rotatable bonds is 7. The Morgan fingerprint density at radius 3 is 3.21 bits per heavy atom. The minimum atomic E-state index is -0.102. The van der Waals surface area contributed by atoms with Crippen LogP contribution in [0.1, 0.15) is 31.0 Å². The zero-order valence-corrected chi connectivity index (χ0v) is 14.1. The molecule has 0 aromatic carbocycles. The molecule has 2 aromatic rings. The molecule has 0 bridgehead atoms. The third-order valence-electron chi connectivity index (χ3n) is 4.23. The van der Waals surface area contributed by atoms with Crippen molar-refractivity contribution in [3.05, 3.63) is 46.4 Å². The highest BCUT2D eigenvalue weighted by molar-refractivity contribution is 5.04. The van der Waals surface area contributed by atoms with Crippen LogP contribution in [0.15, 0.2) is 29.6 Å². The maximum Gasteiger partial charge on any atom is 0.250 e. The number of hydrogen-bond acceptors (Lipinski definition) is 5. The first-order valence-corrected chi connectivity index (χ1v) is 8.62. The van der Waals surface area contributed by atoms with E-state index in [0.29, 0.717) is 0 Å². The van der Waals surface area contributed by atoms with Crippen LogP contribution in [0, 0.1) is 0 Å². The first kappa shape index (κ1) is 16.9. The summed E-state index contributed by atoms with van der Waals surface area (Å²) in [6, 6.07) is 1.56. The van der Waals surface area contributed by atoms with Crippen LogP contribution in [0.5, 0.6) is 0 Å². The van der Waals surface area contributed by atoms with Crippen molar-refractivity contribution in [2.75, 3.05) is 19.7 Å². The first-order chi connectivity index (χ1) is 11.7. The number of hydrogen-bond donors (Lipinski definition) is 1. The number of nitrogens with zero attached hydrogens (tertiary/aromatic N) is 4. The Labute approximate surface area is 141 Å². The Morgan fingerprint density at radius 2 is 2.38 bits per heavy atom. The third kappa shape index (κ3) is 4.75. The van der Waals surface area contributed by atoms with Crippen molar-refractivity contribution in [2.24, 2.45) is 0 Å². The molecule has 1 N–H and O–H groups in total. The van der Waals surface area contributed by atoms with Gasteiger partial charge >= 0.3 is 0 Å². The van der Waals surface area contributed by atoms with Crippen LogP contribution in [-0.4, -0.2) is 50.4 Å². The summed E-state index contributed by atoms with van der Waals surface area (Å²) in [6.45, 7) is 6.63. The largest absolute Gasteiger partial charge is 0.376 e. The van der Waals surface area contributed by atoms with Gasteiger partial charge in [-0.15, -0.1) is 0 Å². The lowest BCUT2D eigenvalue weighted by atomic mass is 10.1. The highest BCUT2D eigenvalue weighted by Crippen LogP contribution is 2.14. The van der Waals surface area contributed by atoms with E-state index in [2.05, 4.69) is 33.1 Å². The maximum absolute atomic E-state index is 11.3. The molecule has 1 atom stereocenters. The van der Waals surface area contributed by atoms with Crippen molar-refractivity contribution in [3.63, 3.8) is 0 Å². The standard InChI is InChI=1S/C17H25N5O2/c1-2-5-22-11-14(9-20-22)10-21-6-7-24-16(12-21)4-3-15-8-17(23)19-13-18-15/h8-9,11,13,16H,2-7,10,12H2,1H3,(H,18,19,23)/t16-/m0/s1. The predicted octanol–water partition coefficient (Wildman–Crippen LogP) is 1.21. The molecule has 2 aromatic heterocycles. The van der Waals surface area contributed by atoms with E-state index in [1.165, 1.54) is 11.9 Å². The van der Waals surface area contributed by atoms with Crippen molar-refractivity contribution < 1.29 is 4.74 Å². The first-order valence-electron chi connectivity index (χ1n) is 8.62. The van der Waals surface area contributed by atoms with E-state index >= 15 is 0 Å². The Morgan fingerprint density at radius 1 is 1.46 bits per heavy atom. The van der Waals surface area contributed by atoms with Gasteiger partial charge in [-0.05, 0) is 19.3 Å². The molecule has 0 aliphatic carbocycles. The van der Waals surface area contributed by atoms with Crippen molar-refractivity contribution in [3.8, 4) is 0 Å². The zero-order valence-electron chi connectivity index (χ0n) is 14.1. The second-order valence-corrected chi connectivity index (χ2v) is 6.28. The maximum atomic E-state index is 11.3. The molecule has 1 saturated heterocycles. The lowest BCUT2D eigenvalue weighted by Gasteiger charge is -2.32. The Balaban J connectivity index is 1.49. The molecule has 0 saturated carbocycles. The van der Waals surface area contributed by atoms with Crippen LogP contribution in [0.2, 0.25) is 0 Å². The minimum Gasteiger partial charge on any atom is -0.376 e. The number of aryl methyl sites for hydroxylation is 2. The fourth-order valence-corrected chi connectivity index (χ4v) is 3.05. The Bertz CT molecular complexity index is 696. The monoisotopic (exact) mass is 331 g/mol. The fraction of sp³-hybridized carbons (Fsp3) is 0.588. The summed E-state index contributed by atoms with van der Waals surface area (Å²) < 4.78 is 7.87. The van der Waals surface area contributed by atoms with Gasteiger partial charge in [0.05, 0.1) is 25.2 Å². The summed E-state index contributed by atoms with van der Waals surface area (Å²) in [5.41, 5.74) is 1.97. The molecule has 130 valence electrons. The van der Waals surface area contributed by atoms with Crippen molar-refractivity contribution in [1.29, 1.82) is 0 Å². The number of ether oxygens (including phenoxy) is 1. The molecule has 0 unspecified atom stereocenters. The van der Waals surface area contributed by atoms with E-state index in [1.807, 2.05) is 10.9 Å². The van der Waals surface area contributed by atoms with Gasteiger partial charge in [0.15, 0.2) is 0 Å². The minimum absolute atomic E-state index is 0.102. The van der Waals surface area contributed by atoms with Gasteiger partial charge in [0.25, 0.3) is 5.56 Å². The molecule has 0 radical (unpaired) electrons. The molecule has 7 nitrogen and oxygen atoms in total. The van der Waals surface area contributed by atoms with Crippen LogP contribution < -0.4 is 5.56 Å². The molecule has 24 heavy (non-hydrogen) atoms. The van der Waals surface area contributed by atoms with E-state index in [0.717, 1.165) is 57.7 Å². The topological polar surface area (TPSA) is 76.0 Å². The molecular weight excluding hydrogens is 306 g/mol. The summed E-state index contributed by atoms with van der Waals surface area (Å²) in [5.74, 6) is 0. The van der Waals surface area contributed by atoms with E-state index in [-0.39, 0.29) is 11.7 Å². The van der Waals surface area contributed by atoms with Gasteiger partial charge in [0.2, 0.25) is 0 Å². The Hall–Kier alpha value is -1.99. The molecule has 3 heterocycles. The van der Waals surface area contributed by atoms with Gasteiger partial charge in [-0.1, -0.05) is 6.92 Å². The van der Waals surface area contributed by atoms with Gasteiger partial charge in [-0.2, -0.15) is 5.10 Å². The number of aromatic nitrogens is 4. The molecule has 0 spiro atoms. The second-order valence-electron chi connectivity index (χ2n) is 6.28. The van der Waals surface area contributed by atoms with Crippen LogP contribution in [-0.2, 0) is 24.2 Å². The van der Waals surface area contributed by atoms with Crippen molar-refractivity contribution in [1.82, 2.24) is 24.6 Å². The number of H-pyrrole nitrogens is 1. The zero-order chi connectivity index (χ0) is 16.8. The number of nitrogens with one attached hydrogen (secondary N) is 1. The van der Waals surface area contributed by atoms with Gasteiger partial charge < -0.3 is 9.72 Å². The average Bonchev–Trinajstić information content (AvgIpc) is 3.01. The summed E-state index contributed by atoms with van der Waals surface area (Å²) in [6.07, 6.45) is 8.47. The van der Waals surface area contributed by atoms with Gasteiger partial charge in [-0.3, -0.25) is 14.4 Å². The van der Waals surface area contributed by atoms with Crippen LogP contribution in [0.4, 0.5) is 0 Å². The lowest BCUT2D eigenvalue weighted by molar-refractivity contribution is -0.0346. The quantitative estimate of drug-likeness (QED) is 0.825. The molecule has 7 heteroatoms. The van der Waals surface area contributed by atoms with Crippen molar-refractivity contribution >= 4 is 0 Å². The third-order valence-corrected chi connectivity index (χ3v) is 4.23. The van der Waals surface area contributed by atoms with Crippen LogP contribution in [0.3, 0.4) is 0 Å². The normalized spacial score (nSPS) is 18.8.